The van der Waals surface area contributed by atoms with Gasteiger partial charge in [-0.15, -0.1) is 11.6 Å². The van der Waals surface area contributed by atoms with E-state index >= 15 is 0 Å². The summed E-state index contributed by atoms with van der Waals surface area (Å²) in [6.07, 6.45) is 0. The van der Waals surface area contributed by atoms with Crippen molar-refractivity contribution in [1.29, 1.82) is 0 Å². The van der Waals surface area contributed by atoms with Gasteiger partial charge in [0.2, 0.25) is 0 Å². The summed E-state index contributed by atoms with van der Waals surface area (Å²) in [7, 11) is 0. The third-order valence-corrected chi connectivity index (χ3v) is 0.254. The molecule has 7 heavy (non-hydrogen) atoms. The van der Waals surface area contributed by atoms with E-state index in [1.807, 2.05) is 0 Å². The van der Waals surface area contributed by atoms with Crippen LogP contribution in [-0.2, 0) is 22.8 Å². The Morgan fingerprint density at radius 3 is 1.86 bits per heavy atom. The van der Waals surface area contributed by atoms with Gasteiger partial charge in [0.25, 0.3) is 0 Å². The number of aliphatic hydroxyl groups is 1. The molecule has 0 aliphatic rings. The van der Waals surface area contributed by atoms with E-state index in [1.54, 1.807) is 0 Å². The quantitative estimate of drug-likeness (QED) is 0.404. The topological polar surface area (TPSA) is 57.5 Å². The number of alkyl halides is 1. The predicted molar refractivity (Wildman–Crippen MR) is 20.7 cm³/mol. The van der Waals surface area contributed by atoms with Crippen molar-refractivity contribution in [3.05, 3.63) is 0 Å². The molecule has 0 bridgehead atoms. The molecule has 0 unspecified atom stereocenters. The number of aliphatic hydroxyl groups excluding tert-OH is 1. The van der Waals surface area contributed by atoms with Crippen LogP contribution in [0.3, 0.4) is 0 Å². The molecule has 0 aromatic carbocycles. The maximum atomic E-state index is 8.61. The first-order valence-electron chi connectivity index (χ1n) is 1.51. The van der Waals surface area contributed by atoms with Gasteiger partial charge in [0.15, 0.2) is 0 Å². The molecule has 0 aromatic rings. The van der Waals surface area contributed by atoms with Crippen molar-refractivity contribution in [2.24, 2.45) is 0 Å². The van der Waals surface area contributed by atoms with E-state index in [2.05, 4.69) is 0 Å². The second-order valence-electron chi connectivity index (χ2n) is 0.504. The fourth-order valence-electron chi connectivity index (χ4n) is 0. The Morgan fingerprint density at radius 2 is 1.86 bits per heavy atom. The molecule has 0 rings (SSSR count). The monoisotopic (exact) mass is 161 g/mol. The summed E-state index contributed by atoms with van der Waals surface area (Å²) in [6.45, 7) is 0.0849. The summed E-state index contributed by atoms with van der Waals surface area (Å²) in [5.74, 6) is 0.347. The van der Waals surface area contributed by atoms with Gasteiger partial charge in [-0.2, -0.15) is 0 Å². The Bertz CT molecular complexity index is 32.1. The summed E-state index contributed by atoms with van der Waals surface area (Å²) >= 11 is 3.19. The minimum atomic E-state index is -1.75. The van der Waals surface area contributed by atoms with Gasteiger partial charge in [0.05, 0.1) is 6.61 Å². The third kappa shape index (κ3) is 50.5. The SMILES string of the molecule is OCCCl.[O]=[Ti][OH]. The van der Waals surface area contributed by atoms with Gasteiger partial charge >= 0.3 is 26.5 Å². The van der Waals surface area contributed by atoms with Gasteiger partial charge in [0, 0.05) is 5.88 Å². The fraction of sp³-hybridized carbons (Fsp3) is 1.00. The molecule has 0 saturated heterocycles. The molecule has 5 heteroatoms. The second kappa shape index (κ2) is 15.9. The van der Waals surface area contributed by atoms with Crippen molar-refractivity contribution >= 4 is 11.6 Å². The number of hydrogen-bond donors (Lipinski definition) is 2. The molecule has 0 fully saturated rings. The molecule has 3 nitrogen and oxygen atoms in total. The number of rotatable bonds is 1. The zero-order chi connectivity index (χ0) is 6.12. The first kappa shape index (κ1) is 10.7. The standard InChI is InChI=1S/C2H5ClO.H2O.O.Ti/c3-1-2-4;;;/h4H,1-2H2;1H2;;/q;;;+1/p-1. The van der Waals surface area contributed by atoms with Crippen LogP contribution in [0.2, 0.25) is 0 Å². The Labute approximate surface area is 56.0 Å². The van der Waals surface area contributed by atoms with Gasteiger partial charge in [0.1, 0.15) is 0 Å². The van der Waals surface area contributed by atoms with Crippen molar-refractivity contribution in [1.82, 2.24) is 0 Å². The molecule has 0 saturated carbocycles. The van der Waals surface area contributed by atoms with E-state index in [4.69, 9.17) is 23.7 Å². The average molecular weight is 161 g/mol. The van der Waals surface area contributed by atoms with Crippen molar-refractivity contribution in [2.75, 3.05) is 12.5 Å². The summed E-state index contributed by atoms with van der Waals surface area (Å²) in [5.41, 5.74) is 0. The summed E-state index contributed by atoms with van der Waals surface area (Å²) in [5, 5.41) is 7.74. The molecule has 0 heterocycles. The molecule has 0 spiro atoms. The van der Waals surface area contributed by atoms with E-state index in [9.17, 15) is 0 Å². The van der Waals surface area contributed by atoms with E-state index in [0.29, 0.717) is 5.88 Å². The molecule has 0 radical (unpaired) electrons. The second-order valence-corrected chi connectivity index (χ2v) is 1.17. The molecule has 0 aromatic heterocycles. The van der Waals surface area contributed by atoms with Crippen LogP contribution in [0.4, 0.5) is 0 Å². The molecule has 0 amide bonds. The zero-order valence-corrected chi connectivity index (χ0v) is 5.91. The third-order valence-electron chi connectivity index (χ3n) is 0.0845. The van der Waals surface area contributed by atoms with Gasteiger partial charge in [-0.3, -0.25) is 0 Å². The Kier molecular flexibility index (Phi) is 24.2. The van der Waals surface area contributed by atoms with Crippen LogP contribution in [0, 0.1) is 0 Å². The zero-order valence-electron chi connectivity index (χ0n) is 3.59. The van der Waals surface area contributed by atoms with E-state index in [0.717, 1.165) is 0 Å². The van der Waals surface area contributed by atoms with Crippen LogP contribution in [-0.4, -0.2) is 21.3 Å². The van der Waals surface area contributed by atoms with Crippen LogP contribution in [0.15, 0.2) is 0 Å². The summed E-state index contributed by atoms with van der Waals surface area (Å²) < 4.78 is 15.8. The van der Waals surface area contributed by atoms with E-state index in [-0.39, 0.29) is 6.61 Å². The van der Waals surface area contributed by atoms with Crippen LogP contribution in [0.5, 0.6) is 0 Å². The predicted octanol–water partition coefficient (Wildman–Crippen LogP) is -0.461. The molecule has 0 atom stereocenters. The van der Waals surface area contributed by atoms with Gasteiger partial charge in [-0.05, 0) is 0 Å². The molecule has 43 valence electrons. The van der Waals surface area contributed by atoms with Crippen LogP contribution < -0.4 is 0 Å². The van der Waals surface area contributed by atoms with Crippen LogP contribution in [0.25, 0.3) is 0 Å². The fourth-order valence-corrected chi connectivity index (χ4v) is 0. The normalized spacial score (nSPS) is 5.57. The number of hydrogen-bond acceptors (Lipinski definition) is 2. The minimum absolute atomic E-state index is 0.0849. The van der Waals surface area contributed by atoms with Crippen molar-refractivity contribution in [3.63, 3.8) is 0 Å². The Morgan fingerprint density at radius 1 is 1.71 bits per heavy atom. The summed E-state index contributed by atoms with van der Waals surface area (Å²) in [6, 6.07) is 0. The first-order valence-corrected chi connectivity index (χ1v) is 3.38. The molecular formula is C2H6ClO3Ti. The Hall–Kier alpha value is 0.724. The van der Waals surface area contributed by atoms with Gasteiger partial charge in [-0.25, -0.2) is 0 Å². The van der Waals surface area contributed by atoms with Crippen molar-refractivity contribution in [3.8, 4) is 0 Å². The maximum absolute atomic E-state index is 8.61. The van der Waals surface area contributed by atoms with Gasteiger partial charge < -0.3 is 5.11 Å². The molecule has 2 N–H and O–H groups in total. The average Bonchev–Trinajstić information content (AvgIpc) is 1.69. The molecule has 0 aliphatic carbocycles. The summed E-state index contributed by atoms with van der Waals surface area (Å²) in [4.78, 5) is 0. The molecular weight excluding hydrogens is 155 g/mol. The van der Waals surface area contributed by atoms with Crippen LogP contribution in [0.1, 0.15) is 0 Å². The van der Waals surface area contributed by atoms with Crippen molar-refractivity contribution in [2.45, 2.75) is 0 Å². The van der Waals surface area contributed by atoms with E-state index < -0.39 is 19.5 Å². The van der Waals surface area contributed by atoms with Crippen LogP contribution >= 0.6 is 11.6 Å². The van der Waals surface area contributed by atoms with Crippen molar-refractivity contribution < 1.29 is 31.6 Å². The van der Waals surface area contributed by atoms with E-state index in [1.165, 1.54) is 0 Å². The first-order chi connectivity index (χ1) is 3.33. The molecule has 0 aliphatic heterocycles. The van der Waals surface area contributed by atoms with Gasteiger partial charge in [-0.1, -0.05) is 0 Å². The Balaban J connectivity index is 0. The number of halogens is 1.